The van der Waals surface area contributed by atoms with Gasteiger partial charge in [-0.05, 0) is 61.2 Å². The van der Waals surface area contributed by atoms with Crippen LogP contribution in [0.3, 0.4) is 0 Å². The van der Waals surface area contributed by atoms with Crippen LogP contribution >= 0.6 is 0 Å². The highest BCUT2D eigenvalue weighted by Gasteiger charge is 2.27. The first-order chi connectivity index (χ1) is 15.2. The first kappa shape index (κ1) is 21.2. The second-order valence-electron chi connectivity index (χ2n) is 8.16. The zero-order valence-corrected chi connectivity index (χ0v) is 18.1. The maximum Gasteiger partial charge on any atom is 0.261 e. The number of hydrogen-bond donors (Lipinski definition) is 0. The third kappa shape index (κ3) is 5.01. The monoisotopic (exact) mass is 422 g/mol. The highest BCUT2D eigenvalue weighted by Crippen LogP contribution is 2.31. The summed E-state index contributed by atoms with van der Waals surface area (Å²) >= 11 is 0. The van der Waals surface area contributed by atoms with Crippen molar-refractivity contribution in [1.29, 1.82) is 0 Å². The maximum absolute atomic E-state index is 13.1. The van der Waals surface area contributed by atoms with Crippen LogP contribution in [-0.4, -0.2) is 43.5 Å². The number of carbonyl (C=O) groups excluding carboxylic acids is 2. The molecule has 0 spiro atoms. The zero-order chi connectivity index (χ0) is 21.6. The third-order valence-electron chi connectivity index (χ3n) is 6.16. The van der Waals surface area contributed by atoms with Crippen LogP contribution in [0.25, 0.3) is 0 Å². The van der Waals surface area contributed by atoms with E-state index in [1.165, 1.54) is 0 Å². The normalized spacial score (nSPS) is 19.3. The van der Waals surface area contributed by atoms with Gasteiger partial charge in [0.15, 0.2) is 6.61 Å². The van der Waals surface area contributed by atoms with Gasteiger partial charge in [-0.2, -0.15) is 0 Å². The van der Waals surface area contributed by atoms with Crippen molar-refractivity contribution >= 4 is 17.5 Å². The number of likely N-dealkylation sites (tertiary alicyclic amines) is 1. The lowest BCUT2D eigenvalue weighted by Gasteiger charge is -2.30. The molecule has 2 amide bonds. The zero-order valence-electron chi connectivity index (χ0n) is 18.1. The van der Waals surface area contributed by atoms with Crippen LogP contribution in [0.2, 0.25) is 0 Å². The average Bonchev–Trinajstić information content (AvgIpc) is 3.08. The molecule has 4 rings (SSSR count). The largest absolute Gasteiger partial charge is 0.497 e. The Kier molecular flexibility index (Phi) is 6.75. The summed E-state index contributed by atoms with van der Waals surface area (Å²) in [6.07, 6.45) is 5.72. The van der Waals surface area contributed by atoms with Gasteiger partial charge < -0.3 is 19.3 Å². The lowest BCUT2D eigenvalue weighted by Crippen LogP contribution is -2.38. The summed E-state index contributed by atoms with van der Waals surface area (Å²) in [7, 11) is 1.66. The van der Waals surface area contributed by atoms with Crippen molar-refractivity contribution in [3.8, 4) is 11.5 Å². The van der Waals surface area contributed by atoms with E-state index in [-0.39, 0.29) is 24.5 Å². The van der Waals surface area contributed by atoms with Crippen molar-refractivity contribution in [2.75, 3.05) is 31.7 Å². The molecule has 0 saturated carbocycles. The molecule has 31 heavy (non-hydrogen) atoms. The van der Waals surface area contributed by atoms with Crippen LogP contribution in [0.1, 0.15) is 50.1 Å². The van der Waals surface area contributed by atoms with Gasteiger partial charge in [0.1, 0.15) is 11.5 Å². The summed E-state index contributed by atoms with van der Waals surface area (Å²) in [5, 5.41) is 0. The van der Waals surface area contributed by atoms with Gasteiger partial charge in [0.25, 0.3) is 5.91 Å². The molecular formula is C25H30N2O4. The van der Waals surface area contributed by atoms with Crippen LogP contribution in [0.4, 0.5) is 5.69 Å². The molecule has 0 aromatic heterocycles. The molecule has 2 fully saturated rings. The van der Waals surface area contributed by atoms with Crippen LogP contribution in [0.5, 0.6) is 11.5 Å². The molecule has 6 heteroatoms. The fourth-order valence-corrected chi connectivity index (χ4v) is 4.45. The Morgan fingerprint density at radius 3 is 2.35 bits per heavy atom. The predicted molar refractivity (Wildman–Crippen MR) is 119 cm³/mol. The predicted octanol–water partition coefficient (Wildman–Crippen LogP) is 4.34. The van der Waals surface area contributed by atoms with Crippen LogP contribution in [-0.2, 0) is 9.59 Å². The minimum absolute atomic E-state index is 0.00140. The quantitative estimate of drug-likeness (QED) is 0.695. The summed E-state index contributed by atoms with van der Waals surface area (Å²) in [5.41, 5.74) is 2.02. The number of methoxy groups -OCH3 is 1. The highest BCUT2D eigenvalue weighted by atomic mass is 16.5. The van der Waals surface area contributed by atoms with E-state index in [0.717, 1.165) is 62.2 Å². The van der Waals surface area contributed by atoms with Crippen molar-refractivity contribution in [3.05, 3.63) is 54.1 Å². The van der Waals surface area contributed by atoms with E-state index in [4.69, 9.17) is 9.47 Å². The van der Waals surface area contributed by atoms with Gasteiger partial charge in [0.2, 0.25) is 5.91 Å². The molecule has 2 aliphatic heterocycles. The second-order valence-corrected chi connectivity index (χ2v) is 8.16. The Labute approximate surface area is 183 Å². The molecule has 2 aliphatic rings. The summed E-state index contributed by atoms with van der Waals surface area (Å²) in [6, 6.07) is 15.5. The van der Waals surface area contributed by atoms with Crippen molar-refractivity contribution < 1.29 is 19.1 Å². The molecule has 0 N–H and O–H groups in total. The highest BCUT2D eigenvalue weighted by molar-refractivity contribution is 5.95. The molecule has 0 radical (unpaired) electrons. The van der Waals surface area contributed by atoms with Crippen molar-refractivity contribution in [1.82, 2.24) is 4.90 Å². The Morgan fingerprint density at radius 1 is 0.935 bits per heavy atom. The number of hydrogen-bond acceptors (Lipinski definition) is 4. The van der Waals surface area contributed by atoms with Gasteiger partial charge in [-0.1, -0.05) is 25.0 Å². The van der Waals surface area contributed by atoms with Gasteiger partial charge in [0, 0.05) is 25.2 Å². The van der Waals surface area contributed by atoms with Gasteiger partial charge in [-0.15, -0.1) is 0 Å². The molecule has 2 saturated heterocycles. The molecule has 0 aliphatic carbocycles. The standard InChI is InChI=1S/C25H30N2O4/c1-30-21-12-8-19(9-13-21)23-6-3-2-4-16-27(23)25(29)18-31-22-14-10-20(11-15-22)26-17-5-7-24(26)28/h8-15,23H,2-7,16-18H2,1H3/t23-/m1/s1. The summed E-state index contributed by atoms with van der Waals surface area (Å²) in [4.78, 5) is 28.7. The molecule has 2 aromatic rings. The third-order valence-corrected chi connectivity index (χ3v) is 6.16. The minimum Gasteiger partial charge on any atom is -0.497 e. The number of nitrogens with zero attached hydrogens (tertiary/aromatic N) is 2. The van der Waals surface area contributed by atoms with Crippen LogP contribution in [0.15, 0.2) is 48.5 Å². The maximum atomic E-state index is 13.1. The Hall–Kier alpha value is -3.02. The molecule has 0 unspecified atom stereocenters. The van der Waals surface area contributed by atoms with E-state index in [1.807, 2.05) is 53.4 Å². The lowest BCUT2D eigenvalue weighted by molar-refractivity contribution is -0.135. The van der Waals surface area contributed by atoms with E-state index >= 15 is 0 Å². The van der Waals surface area contributed by atoms with E-state index in [0.29, 0.717) is 12.2 Å². The number of carbonyl (C=O) groups is 2. The Morgan fingerprint density at radius 2 is 1.68 bits per heavy atom. The fourth-order valence-electron chi connectivity index (χ4n) is 4.45. The average molecular weight is 423 g/mol. The summed E-state index contributed by atoms with van der Waals surface area (Å²) in [6.45, 7) is 1.52. The molecular weight excluding hydrogens is 392 g/mol. The first-order valence-electron chi connectivity index (χ1n) is 11.1. The van der Waals surface area contributed by atoms with Gasteiger partial charge >= 0.3 is 0 Å². The lowest BCUT2D eigenvalue weighted by atomic mass is 10.0. The van der Waals surface area contributed by atoms with Gasteiger partial charge in [-0.3, -0.25) is 9.59 Å². The fraction of sp³-hybridized carbons (Fsp3) is 0.440. The van der Waals surface area contributed by atoms with E-state index in [2.05, 4.69) is 0 Å². The Balaban J connectivity index is 1.40. The number of benzene rings is 2. The van der Waals surface area contributed by atoms with Gasteiger partial charge in [0.05, 0.1) is 13.2 Å². The number of ether oxygens (including phenoxy) is 2. The SMILES string of the molecule is COc1ccc([C@H]2CCCCCN2C(=O)COc2ccc(N3CCCC3=O)cc2)cc1. The molecule has 6 nitrogen and oxygen atoms in total. The molecule has 0 bridgehead atoms. The van der Waals surface area contributed by atoms with Crippen LogP contribution in [0, 0.1) is 0 Å². The summed E-state index contributed by atoms with van der Waals surface area (Å²) < 4.78 is 11.1. The number of anilines is 1. The van der Waals surface area contributed by atoms with Crippen LogP contribution < -0.4 is 14.4 Å². The molecule has 2 heterocycles. The second kappa shape index (κ2) is 9.86. The Bertz CT molecular complexity index is 895. The van der Waals surface area contributed by atoms with Gasteiger partial charge in [-0.25, -0.2) is 0 Å². The molecule has 2 aromatic carbocycles. The number of rotatable bonds is 6. The summed E-state index contributed by atoms with van der Waals surface area (Å²) in [5.74, 6) is 1.62. The van der Waals surface area contributed by atoms with Crippen molar-refractivity contribution in [2.45, 2.75) is 44.6 Å². The number of amides is 2. The topological polar surface area (TPSA) is 59.1 Å². The smallest absolute Gasteiger partial charge is 0.261 e. The van der Waals surface area contributed by atoms with E-state index in [9.17, 15) is 9.59 Å². The van der Waals surface area contributed by atoms with Crippen molar-refractivity contribution in [3.63, 3.8) is 0 Å². The molecule has 164 valence electrons. The van der Waals surface area contributed by atoms with Crippen molar-refractivity contribution in [2.24, 2.45) is 0 Å². The van der Waals surface area contributed by atoms with E-state index in [1.54, 1.807) is 12.0 Å². The first-order valence-corrected chi connectivity index (χ1v) is 11.1. The van der Waals surface area contributed by atoms with E-state index < -0.39 is 0 Å². The molecule has 1 atom stereocenters. The minimum atomic E-state index is 0.00140.